The van der Waals surface area contributed by atoms with Gasteiger partial charge >= 0.3 is 12.0 Å². The van der Waals surface area contributed by atoms with Gasteiger partial charge in [-0.2, -0.15) is 0 Å². The second-order valence-corrected chi connectivity index (χ2v) is 4.19. The normalized spacial score (nSPS) is 11.1. The van der Waals surface area contributed by atoms with Gasteiger partial charge in [0.2, 0.25) is 0 Å². The molecule has 0 unspecified atom stereocenters. The molecule has 0 aliphatic carbocycles. The van der Waals surface area contributed by atoms with Crippen molar-refractivity contribution in [1.29, 1.82) is 0 Å². The van der Waals surface area contributed by atoms with Crippen molar-refractivity contribution in [3.8, 4) is 0 Å². The summed E-state index contributed by atoms with van der Waals surface area (Å²) in [6, 6.07) is -0.364. The van der Waals surface area contributed by atoms with Gasteiger partial charge in [0.15, 0.2) is 0 Å². The fourth-order valence-electron chi connectivity index (χ4n) is 1.57. The van der Waals surface area contributed by atoms with Crippen molar-refractivity contribution in [3.05, 3.63) is 0 Å². The van der Waals surface area contributed by atoms with E-state index < -0.39 is 11.5 Å². The number of hydrogen-bond donors (Lipinski definition) is 2. The summed E-state index contributed by atoms with van der Waals surface area (Å²) in [5.74, 6) is -1.05. The van der Waals surface area contributed by atoms with Crippen LogP contribution in [0, 0.1) is 0 Å². The maximum absolute atomic E-state index is 12.1. The van der Waals surface area contributed by atoms with Crippen molar-refractivity contribution in [3.63, 3.8) is 0 Å². The number of aliphatic carboxylic acids is 1. The first-order valence-corrected chi connectivity index (χ1v) is 5.73. The predicted octanol–water partition coefficient (Wildman–Crippen LogP) is 0.606. The lowest BCUT2D eigenvalue weighted by molar-refractivity contribution is -0.147. The largest absolute Gasteiger partial charge is 0.480 e. The molecule has 0 heterocycles. The Kier molecular flexibility index (Phi) is 5.95. The van der Waals surface area contributed by atoms with Crippen LogP contribution in [0.3, 0.4) is 0 Å². The first kappa shape index (κ1) is 15.7. The van der Waals surface area contributed by atoms with Crippen molar-refractivity contribution < 1.29 is 19.8 Å². The number of aliphatic hydroxyl groups is 1. The molecule has 6 heteroatoms. The zero-order valence-electron chi connectivity index (χ0n) is 10.9. The van der Waals surface area contributed by atoms with Crippen molar-refractivity contribution >= 4 is 12.0 Å². The number of nitrogens with zero attached hydrogens (tertiary/aromatic N) is 2. The van der Waals surface area contributed by atoms with Crippen LogP contribution in [0.1, 0.15) is 27.7 Å². The monoisotopic (exact) mass is 246 g/mol. The van der Waals surface area contributed by atoms with E-state index in [1.54, 1.807) is 13.8 Å². The quantitative estimate of drug-likeness (QED) is 0.719. The lowest BCUT2D eigenvalue weighted by atomic mass is 10.0. The zero-order valence-corrected chi connectivity index (χ0v) is 10.9. The van der Waals surface area contributed by atoms with Gasteiger partial charge in [0, 0.05) is 19.6 Å². The second kappa shape index (κ2) is 6.44. The van der Waals surface area contributed by atoms with Crippen molar-refractivity contribution in [2.45, 2.75) is 33.2 Å². The fourth-order valence-corrected chi connectivity index (χ4v) is 1.57. The van der Waals surface area contributed by atoms with E-state index in [2.05, 4.69) is 0 Å². The van der Waals surface area contributed by atoms with Gasteiger partial charge in [0.1, 0.15) is 5.54 Å². The number of carboxylic acid groups (broad SMARTS) is 1. The molecular formula is C11H22N2O4. The highest BCUT2D eigenvalue weighted by Gasteiger charge is 2.38. The number of amides is 2. The molecule has 0 rings (SSSR count). The van der Waals surface area contributed by atoms with Crippen molar-refractivity contribution in [1.82, 2.24) is 9.80 Å². The maximum atomic E-state index is 12.1. The van der Waals surface area contributed by atoms with E-state index in [1.807, 2.05) is 0 Å². The first-order valence-electron chi connectivity index (χ1n) is 5.73. The summed E-state index contributed by atoms with van der Waals surface area (Å²) in [6.45, 7) is 7.31. The summed E-state index contributed by atoms with van der Waals surface area (Å²) in [5, 5.41) is 18.0. The third-order valence-electron chi connectivity index (χ3n) is 2.77. The standard InChI is InChI=1S/C11H22N2O4/c1-5-12(7-8-14)10(17)13(6-2)11(3,4)9(15)16/h14H,5-8H2,1-4H3,(H,15,16). The van der Waals surface area contributed by atoms with Gasteiger partial charge in [-0.3, -0.25) is 0 Å². The number of rotatable bonds is 6. The van der Waals surface area contributed by atoms with Gasteiger partial charge in [-0.25, -0.2) is 9.59 Å². The summed E-state index contributed by atoms with van der Waals surface area (Å²) in [6.07, 6.45) is 0. The lowest BCUT2D eigenvalue weighted by Crippen LogP contribution is -2.57. The minimum Gasteiger partial charge on any atom is -0.480 e. The molecule has 0 bridgehead atoms. The summed E-state index contributed by atoms with van der Waals surface area (Å²) in [7, 11) is 0. The zero-order chi connectivity index (χ0) is 13.6. The number of carbonyl (C=O) groups is 2. The van der Waals surface area contributed by atoms with Gasteiger partial charge in [0.05, 0.1) is 6.61 Å². The Labute approximate surface area is 102 Å². The smallest absolute Gasteiger partial charge is 0.329 e. The highest BCUT2D eigenvalue weighted by molar-refractivity contribution is 5.85. The third kappa shape index (κ3) is 3.59. The van der Waals surface area contributed by atoms with Crippen LogP contribution >= 0.6 is 0 Å². The fraction of sp³-hybridized carbons (Fsp3) is 0.818. The summed E-state index contributed by atoms with van der Waals surface area (Å²) >= 11 is 0. The number of carbonyl (C=O) groups excluding carboxylic acids is 1. The molecule has 100 valence electrons. The topological polar surface area (TPSA) is 81.1 Å². The lowest BCUT2D eigenvalue weighted by Gasteiger charge is -2.37. The van der Waals surface area contributed by atoms with Crippen LogP contribution in [0.5, 0.6) is 0 Å². The minimum atomic E-state index is -1.26. The number of likely N-dealkylation sites (N-methyl/N-ethyl adjacent to an activating group) is 2. The van der Waals surface area contributed by atoms with E-state index >= 15 is 0 Å². The van der Waals surface area contributed by atoms with E-state index in [4.69, 9.17) is 10.2 Å². The van der Waals surface area contributed by atoms with Crippen LogP contribution in [0.4, 0.5) is 4.79 Å². The molecule has 0 saturated heterocycles. The molecule has 2 amide bonds. The molecule has 0 fully saturated rings. The molecule has 2 N–H and O–H groups in total. The average Bonchev–Trinajstić information content (AvgIpc) is 2.25. The molecule has 0 atom stereocenters. The van der Waals surface area contributed by atoms with Crippen LogP contribution in [0.2, 0.25) is 0 Å². The molecule has 0 aromatic heterocycles. The third-order valence-corrected chi connectivity index (χ3v) is 2.77. The maximum Gasteiger partial charge on any atom is 0.329 e. The highest BCUT2D eigenvalue weighted by Crippen LogP contribution is 2.16. The summed E-state index contributed by atoms with van der Waals surface area (Å²) < 4.78 is 0. The van der Waals surface area contributed by atoms with Crippen LogP contribution < -0.4 is 0 Å². The second-order valence-electron chi connectivity index (χ2n) is 4.19. The SMILES string of the molecule is CCN(CCO)C(=O)N(CC)C(C)(C)C(=O)O. The molecule has 0 aromatic carbocycles. The van der Waals surface area contributed by atoms with Gasteiger partial charge in [-0.15, -0.1) is 0 Å². The number of carboxylic acids is 1. The van der Waals surface area contributed by atoms with Gasteiger partial charge in [-0.1, -0.05) is 0 Å². The Morgan fingerprint density at radius 3 is 2.00 bits per heavy atom. The van der Waals surface area contributed by atoms with Gasteiger partial charge < -0.3 is 20.0 Å². The summed E-state index contributed by atoms with van der Waals surface area (Å²) in [4.78, 5) is 26.0. The van der Waals surface area contributed by atoms with Crippen LogP contribution in [0.15, 0.2) is 0 Å². The van der Waals surface area contributed by atoms with E-state index in [0.717, 1.165) is 0 Å². The Morgan fingerprint density at radius 2 is 1.71 bits per heavy atom. The molecule has 0 aliphatic rings. The highest BCUT2D eigenvalue weighted by atomic mass is 16.4. The van der Waals surface area contributed by atoms with Crippen molar-refractivity contribution in [2.75, 3.05) is 26.2 Å². The number of aliphatic hydroxyl groups excluding tert-OH is 1. The number of urea groups is 1. The predicted molar refractivity (Wildman–Crippen MR) is 63.8 cm³/mol. The minimum absolute atomic E-state index is 0.134. The van der Waals surface area contributed by atoms with Crippen LogP contribution in [-0.2, 0) is 4.79 Å². The molecule has 0 saturated carbocycles. The Bertz CT molecular complexity index is 279. The van der Waals surface area contributed by atoms with Crippen LogP contribution in [-0.4, -0.2) is 63.8 Å². The molecule has 0 spiro atoms. The van der Waals surface area contributed by atoms with E-state index in [1.165, 1.54) is 23.6 Å². The molecule has 17 heavy (non-hydrogen) atoms. The Hall–Kier alpha value is -1.30. The average molecular weight is 246 g/mol. The molecule has 0 radical (unpaired) electrons. The van der Waals surface area contributed by atoms with E-state index in [-0.39, 0.29) is 19.2 Å². The van der Waals surface area contributed by atoms with Crippen LogP contribution in [0.25, 0.3) is 0 Å². The number of hydrogen-bond acceptors (Lipinski definition) is 3. The first-order chi connectivity index (χ1) is 7.82. The van der Waals surface area contributed by atoms with Gasteiger partial charge in [0.25, 0.3) is 0 Å². The molecule has 0 aromatic rings. The van der Waals surface area contributed by atoms with E-state index in [0.29, 0.717) is 13.1 Å². The Morgan fingerprint density at radius 1 is 1.18 bits per heavy atom. The molecule has 6 nitrogen and oxygen atoms in total. The van der Waals surface area contributed by atoms with E-state index in [9.17, 15) is 9.59 Å². The van der Waals surface area contributed by atoms with Crippen molar-refractivity contribution in [2.24, 2.45) is 0 Å². The van der Waals surface area contributed by atoms with Gasteiger partial charge in [-0.05, 0) is 27.7 Å². The Balaban J connectivity index is 4.99. The molecular weight excluding hydrogens is 224 g/mol. The molecule has 0 aliphatic heterocycles. The summed E-state index contributed by atoms with van der Waals surface area (Å²) in [5.41, 5.74) is -1.26.